The van der Waals surface area contributed by atoms with Crippen molar-refractivity contribution < 1.29 is 41.4 Å². The second-order valence-corrected chi connectivity index (χ2v) is 9.80. The van der Waals surface area contributed by atoms with Gasteiger partial charge in [0.2, 0.25) is 5.89 Å². The van der Waals surface area contributed by atoms with E-state index >= 15 is 0 Å². The minimum Gasteiger partial charge on any atom is -0.459 e. The molecule has 3 aliphatic heterocycles. The van der Waals surface area contributed by atoms with Crippen LogP contribution in [0.5, 0.6) is 5.75 Å². The number of rotatable bonds is 6. The van der Waals surface area contributed by atoms with E-state index < -0.39 is 17.7 Å². The summed E-state index contributed by atoms with van der Waals surface area (Å²) in [7, 11) is 0. The fraction of sp³-hybridized carbons (Fsp3) is 0.500. The van der Waals surface area contributed by atoms with E-state index in [0.29, 0.717) is 18.7 Å². The number of piperidine rings is 1. The van der Waals surface area contributed by atoms with E-state index in [9.17, 15) is 18.4 Å². The monoisotopic (exact) mass is 520 g/mol. The van der Waals surface area contributed by atoms with Gasteiger partial charge >= 0.3 is 18.2 Å². The van der Waals surface area contributed by atoms with Crippen molar-refractivity contribution in [2.24, 2.45) is 0 Å². The Morgan fingerprint density at radius 2 is 1.92 bits per heavy atom. The maximum Gasteiger partial charge on any atom is 0.502 e. The summed E-state index contributed by atoms with van der Waals surface area (Å²) in [6, 6.07) is 2.59. The first-order valence-corrected chi connectivity index (χ1v) is 11.8. The van der Waals surface area contributed by atoms with E-state index in [-0.39, 0.29) is 53.5 Å². The van der Waals surface area contributed by atoms with Gasteiger partial charge in [0.15, 0.2) is 16.8 Å². The van der Waals surface area contributed by atoms with Gasteiger partial charge in [-0.15, -0.1) is 0 Å². The van der Waals surface area contributed by atoms with Gasteiger partial charge in [0.1, 0.15) is 11.9 Å². The van der Waals surface area contributed by atoms with Crippen molar-refractivity contribution in [1.29, 1.82) is 0 Å². The first-order valence-electron chi connectivity index (χ1n) is 11.8. The molecule has 11 nitrogen and oxygen atoms in total. The molecule has 2 atom stereocenters. The molecule has 5 heterocycles. The predicted octanol–water partition coefficient (Wildman–Crippen LogP) is 4.22. The summed E-state index contributed by atoms with van der Waals surface area (Å²) >= 11 is 0. The second kappa shape index (κ2) is 8.89. The third kappa shape index (κ3) is 4.65. The number of hydrogen-bond acceptors (Lipinski definition) is 10. The van der Waals surface area contributed by atoms with Gasteiger partial charge in [-0.05, 0) is 46.2 Å². The topological polar surface area (TPSA) is 120 Å². The second-order valence-electron chi connectivity index (χ2n) is 9.80. The van der Waals surface area contributed by atoms with Crippen LogP contribution in [0.4, 0.5) is 19.6 Å². The lowest BCUT2D eigenvalue weighted by Crippen LogP contribution is -2.70. The largest absolute Gasteiger partial charge is 0.502 e. The van der Waals surface area contributed by atoms with Crippen molar-refractivity contribution in [3.8, 4) is 17.2 Å². The predicted molar refractivity (Wildman–Crippen MR) is 124 cm³/mol. The van der Waals surface area contributed by atoms with Crippen LogP contribution in [0.1, 0.15) is 34.1 Å². The number of nitrogens with zero attached hydrogens (tertiary/aromatic N) is 4. The van der Waals surface area contributed by atoms with Crippen LogP contribution in [-0.2, 0) is 14.3 Å². The number of carbonyl (C=O) groups is 2. The maximum absolute atomic E-state index is 14.4. The Kier molecular flexibility index (Phi) is 5.95. The highest BCUT2D eigenvalue weighted by molar-refractivity contribution is 5.93. The SMILES string of the molecule is CCOC(=O)C(F)(F)Oc1ccc(-c2ncco2)c2oc(N3CC4CC(C3)N4C(=O)OC(C)(C)C)nc12. The van der Waals surface area contributed by atoms with Crippen LogP contribution >= 0.6 is 0 Å². The highest BCUT2D eigenvalue weighted by Crippen LogP contribution is 2.41. The van der Waals surface area contributed by atoms with Crippen LogP contribution in [0.2, 0.25) is 0 Å². The van der Waals surface area contributed by atoms with Crippen LogP contribution in [0, 0.1) is 0 Å². The molecular weight excluding hydrogens is 494 g/mol. The van der Waals surface area contributed by atoms with Gasteiger partial charge in [-0.1, -0.05) is 0 Å². The summed E-state index contributed by atoms with van der Waals surface area (Å²) in [4.78, 5) is 36.4. The zero-order chi connectivity index (χ0) is 26.5. The molecule has 1 amide bonds. The smallest absolute Gasteiger partial charge is 0.459 e. The molecule has 2 bridgehead atoms. The normalized spacial score (nSPS) is 19.5. The molecule has 0 aliphatic carbocycles. The third-order valence-electron chi connectivity index (χ3n) is 5.98. The van der Waals surface area contributed by atoms with Gasteiger partial charge in [0.05, 0.1) is 30.5 Å². The van der Waals surface area contributed by atoms with E-state index in [1.54, 1.807) is 4.90 Å². The molecule has 6 rings (SSSR count). The molecule has 0 N–H and O–H groups in total. The Bertz CT molecular complexity index is 1310. The van der Waals surface area contributed by atoms with Crippen molar-refractivity contribution in [2.75, 3.05) is 24.6 Å². The lowest BCUT2D eigenvalue weighted by molar-refractivity contribution is -0.216. The first-order chi connectivity index (χ1) is 17.5. The van der Waals surface area contributed by atoms with Crippen LogP contribution in [-0.4, -0.2) is 70.4 Å². The van der Waals surface area contributed by atoms with Crippen molar-refractivity contribution in [3.63, 3.8) is 0 Å². The van der Waals surface area contributed by atoms with E-state index in [4.69, 9.17) is 18.3 Å². The molecule has 37 heavy (non-hydrogen) atoms. The lowest BCUT2D eigenvalue weighted by atomic mass is 9.88. The van der Waals surface area contributed by atoms with Gasteiger partial charge in [0, 0.05) is 13.1 Å². The number of benzene rings is 1. The van der Waals surface area contributed by atoms with Gasteiger partial charge < -0.3 is 27.9 Å². The van der Waals surface area contributed by atoms with E-state index in [2.05, 4.69) is 14.7 Å². The fourth-order valence-electron chi connectivity index (χ4n) is 4.49. The average molecular weight is 520 g/mol. The number of esters is 1. The number of hydrogen-bond donors (Lipinski definition) is 0. The fourth-order valence-corrected chi connectivity index (χ4v) is 4.49. The van der Waals surface area contributed by atoms with Crippen LogP contribution in [0.15, 0.2) is 33.4 Å². The van der Waals surface area contributed by atoms with Crippen molar-refractivity contribution in [1.82, 2.24) is 14.9 Å². The Labute approximate surface area is 210 Å². The van der Waals surface area contributed by atoms with Gasteiger partial charge in [0.25, 0.3) is 6.01 Å². The molecule has 2 aromatic heterocycles. The molecular formula is C24H26F2N4O7. The minimum atomic E-state index is -4.24. The maximum atomic E-state index is 14.4. The number of piperazine rings is 1. The number of carbonyl (C=O) groups excluding carboxylic acids is 2. The first kappa shape index (κ1) is 24.8. The Morgan fingerprint density at radius 1 is 1.19 bits per heavy atom. The summed E-state index contributed by atoms with van der Waals surface area (Å²) in [5.74, 6) is -2.01. The molecule has 3 saturated heterocycles. The van der Waals surface area contributed by atoms with Crippen molar-refractivity contribution in [2.45, 2.75) is 57.9 Å². The van der Waals surface area contributed by atoms with Gasteiger partial charge in [-0.2, -0.15) is 13.8 Å². The zero-order valence-electron chi connectivity index (χ0n) is 20.7. The van der Waals surface area contributed by atoms with Gasteiger partial charge in [-0.25, -0.2) is 14.6 Å². The summed E-state index contributed by atoms with van der Waals surface area (Å²) in [5, 5.41) is 0. The van der Waals surface area contributed by atoms with Gasteiger partial charge in [-0.3, -0.25) is 4.90 Å². The van der Waals surface area contributed by atoms with E-state index in [1.807, 2.05) is 25.7 Å². The Morgan fingerprint density at radius 3 is 2.54 bits per heavy atom. The van der Waals surface area contributed by atoms with Crippen molar-refractivity contribution in [3.05, 3.63) is 24.6 Å². The van der Waals surface area contributed by atoms with E-state index in [1.165, 1.54) is 31.5 Å². The Balaban J connectivity index is 1.45. The molecule has 3 fully saturated rings. The standard InChI is InChI=1S/C24H26F2N4O7/c1-5-33-20(31)24(25,26)36-16-7-6-15(19-27-8-9-34-19)18-17(16)28-21(35-18)29-11-13-10-14(12-29)30(13)22(32)37-23(2,3)4/h6-9,13-14H,5,10-12H2,1-4H3. The lowest BCUT2D eigenvalue weighted by Gasteiger charge is -2.55. The number of fused-ring (bicyclic) bond motifs is 3. The molecule has 0 saturated carbocycles. The third-order valence-corrected chi connectivity index (χ3v) is 5.98. The number of oxazole rings is 2. The molecule has 0 spiro atoms. The van der Waals surface area contributed by atoms with Crippen molar-refractivity contribution >= 4 is 29.2 Å². The zero-order valence-corrected chi connectivity index (χ0v) is 20.7. The summed E-state index contributed by atoms with van der Waals surface area (Å²) in [6.07, 6.45) is -1.03. The quantitative estimate of drug-likeness (QED) is 0.437. The molecule has 3 aliphatic rings. The van der Waals surface area contributed by atoms with E-state index in [0.717, 1.165) is 6.42 Å². The average Bonchev–Trinajstić information content (AvgIpc) is 3.49. The summed E-state index contributed by atoms with van der Waals surface area (Å²) in [5.41, 5.74) is -0.196. The summed E-state index contributed by atoms with van der Waals surface area (Å²) < 4.78 is 54.9. The number of aromatic nitrogens is 2. The molecule has 1 aromatic carbocycles. The molecule has 3 aromatic rings. The highest BCUT2D eigenvalue weighted by Gasteiger charge is 2.50. The Hall–Kier alpha value is -3.90. The highest BCUT2D eigenvalue weighted by atomic mass is 19.3. The number of alkyl halides is 2. The van der Waals surface area contributed by atoms with Crippen LogP contribution < -0.4 is 9.64 Å². The summed E-state index contributed by atoms with van der Waals surface area (Å²) in [6.45, 7) is 7.42. The minimum absolute atomic E-state index is 0.0436. The molecule has 13 heteroatoms. The number of anilines is 1. The number of halogens is 2. The molecule has 0 radical (unpaired) electrons. The number of ether oxygens (including phenoxy) is 3. The van der Waals surface area contributed by atoms with Crippen LogP contribution in [0.25, 0.3) is 22.6 Å². The molecule has 2 unspecified atom stereocenters. The number of amides is 1. The molecule has 198 valence electrons. The van der Waals surface area contributed by atoms with Crippen LogP contribution in [0.3, 0.4) is 0 Å².